The molecule has 4 nitrogen and oxygen atoms in total. The first-order valence-corrected chi connectivity index (χ1v) is 8.79. The molecule has 114 valence electrons. The van der Waals surface area contributed by atoms with E-state index in [9.17, 15) is 0 Å². The minimum atomic E-state index is 0.722. The first kappa shape index (κ1) is 14.2. The molecule has 0 amide bonds. The predicted octanol–water partition coefficient (Wildman–Crippen LogP) is 4.77. The standard InChI is InChI=1S/C17H13N3OS2/c1-21-11-6-7-12-13(10-11)19-17(15-5-3-9-23-15)20-16(18-12)14-4-2-8-22-14/h2-10H,1H3,(H,18,19,20). The fourth-order valence-corrected chi connectivity index (χ4v) is 3.61. The smallest absolute Gasteiger partial charge is 0.172 e. The summed E-state index contributed by atoms with van der Waals surface area (Å²) in [5.74, 6) is 2.32. The molecule has 6 heteroatoms. The molecule has 0 aliphatic carbocycles. The molecule has 1 aromatic carbocycles. The number of anilines is 1. The maximum Gasteiger partial charge on any atom is 0.172 e. The zero-order valence-corrected chi connectivity index (χ0v) is 13.9. The lowest BCUT2D eigenvalue weighted by atomic mass is 10.2. The van der Waals surface area contributed by atoms with Gasteiger partial charge in [0, 0.05) is 6.07 Å². The Bertz CT molecular complexity index is 881. The molecule has 0 radical (unpaired) electrons. The second kappa shape index (κ2) is 5.98. The van der Waals surface area contributed by atoms with Gasteiger partial charge < -0.3 is 10.1 Å². The second-order valence-corrected chi connectivity index (χ2v) is 6.75. The van der Waals surface area contributed by atoms with Crippen molar-refractivity contribution in [2.45, 2.75) is 0 Å². The number of ether oxygens (including phenoxy) is 1. The Kier molecular flexibility index (Phi) is 3.69. The Labute approximate surface area is 141 Å². The van der Waals surface area contributed by atoms with Crippen LogP contribution in [0.15, 0.2) is 63.2 Å². The van der Waals surface area contributed by atoms with Crippen LogP contribution in [0.25, 0.3) is 0 Å². The molecule has 3 heterocycles. The van der Waals surface area contributed by atoms with Gasteiger partial charge in [0.15, 0.2) is 5.84 Å². The van der Waals surface area contributed by atoms with Gasteiger partial charge in [-0.2, -0.15) is 0 Å². The number of hydrogen-bond donors (Lipinski definition) is 1. The van der Waals surface area contributed by atoms with Crippen LogP contribution in [0.4, 0.5) is 11.4 Å². The van der Waals surface area contributed by atoms with E-state index in [1.54, 1.807) is 29.8 Å². The lowest BCUT2D eigenvalue weighted by Crippen LogP contribution is -2.13. The van der Waals surface area contributed by atoms with E-state index in [1.807, 2.05) is 53.2 Å². The van der Waals surface area contributed by atoms with Crippen LogP contribution >= 0.6 is 22.7 Å². The molecule has 0 saturated carbocycles. The van der Waals surface area contributed by atoms with Gasteiger partial charge in [0.1, 0.15) is 11.6 Å². The lowest BCUT2D eigenvalue weighted by molar-refractivity contribution is 0.415. The third-order valence-corrected chi connectivity index (χ3v) is 5.14. The van der Waals surface area contributed by atoms with Crippen molar-refractivity contribution in [1.82, 2.24) is 0 Å². The summed E-state index contributed by atoms with van der Waals surface area (Å²) >= 11 is 3.28. The van der Waals surface area contributed by atoms with Gasteiger partial charge >= 0.3 is 0 Å². The van der Waals surface area contributed by atoms with Gasteiger partial charge in [0.25, 0.3) is 0 Å². The van der Waals surface area contributed by atoms with Crippen molar-refractivity contribution in [2.75, 3.05) is 12.4 Å². The van der Waals surface area contributed by atoms with Crippen LogP contribution in [-0.4, -0.2) is 18.8 Å². The summed E-state index contributed by atoms with van der Waals surface area (Å²) in [6.45, 7) is 0. The molecule has 0 spiro atoms. The number of thiophene rings is 2. The number of methoxy groups -OCH3 is 1. The molecule has 3 aromatic rings. The van der Waals surface area contributed by atoms with Gasteiger partial charge in [-0.05, 0) is 35.0 Å². The van der Waals surface area contributed by atoms with Crippen molar-refractivity contribution < 1.29 is 4.74 Å². The molecule has 0 fully saturated rings. The zero-order chi connectivity index (χ0) is 15.6. The number of nitrogens with zero attached hydrogens (tertiary/aromatic N) is 2. The van der Waals surface area contributed by atoms with Gasteiger partial charge in [0.05, 0.1) is 28.2 Å². The number of hydrogen-bond acceptors (Lipinski definition) is 6. The highest BCUT2D eigenvalue weighted by atomic mass is 32.1. The second-order valence-electron chi connectivity index (χ2n) is 4.86. The maximum atomic E-state index is 5.32. The molecule has 23 heavy (non-hydrogen) atoms. The maximum absolute atomic E-state index is 5.32. The van der Waals surface area contributed by atoms with E-state index in [-0.39, 0.29) is 0 Å². The summed E-state index contributed by atoms with van der Waals surface area (Å²) in [6.07, 6.45) is 0. The normalized spacial score (nSPS) is 13.4. The topological polar surface area (TPSA) is 46.0 Å². The fraction of sp³-hybridized carbons (Fsp3) is 0.0588. The Morgan fingerprint density at radius 3 is 2.43 bits per heavy atom. The van der Waals surface area contributed by atoms with Crippen molar-refractivity contribution in [3.05, 3.63) is 63.0 Å². The van der Waals surface area contributed by atoms with Crippen molar-refractivity contribution in [1.29, 1.82) is 0 Å². The van der Waals surface area contributed by atoms with Gasteiger partial charge in [-0.1, -0.05) is 12.1 Å². The summed E-state index contributed by atoms with van der Waals surface area (Å²) in [7, 11) is 1.66. The molecule has 1 aliphatic heterocycles. The van der Waals surface area contributed by atoms with Crippen LogP contribution in [0, 0.1) is 0 Å². The minimum absolute atomic E-state index is 0.722. The lowest BCUT2D eigenvalue weighted by Gasteiger charge is -2.09. The molecule has 0 bridgehead atoms. The highest BCUT2D eigenvalue weighted by Gasteiger charge is 2.17. The van der Waals surface area contributed by atoms with Gasteiger partial charge in [0.2, 0.25) is 0 Å². The van der Waals surface area contributed by atoms with E-state index >= 15 is 0 Å². The van der Waals surface area contributed by atoms with Crippen molar-refractivity contribution >= 4 is 45.7 Å². The van der Waals surface area contributed by atoms with E-state index in [4.69, 9.17) is 14.7 Å². The number of fused-ring (bicyclic) bond motifs is 1. The summed E-state index contributed by atoms with van der Waals surface area (Å²) in [5.41, 5.74) is 1.74. The molecule has 1 N–H and O–H groups in total. The number of benzene rings is 1. The molecule has 2 aromatic heterocycles. The van der Waals surface area contributed by atoms with Crippen LogP contribution in [0.5, 0.6) is 5.75 Å². The Morgan fingerprint density at radius 1 is 0.957 bits per heavy atom. The first-order valence-electron chi connectivity index (χ1n) is 7.04. The predicted molar refractivity (Wildman–Crippen MR) is 98.0 cm³/mol. The molecule has 0 unspecified atom stereocenters. The molecule has 1 aliphatic rings. The van der Waals surface area contributed by atoms with Gasteiger partial charge in [-0.15, -0.1) is 22.7 Å². The van der Waals surface area contributed by atoms with Gasteiger partial charge in [-0.25, -0.2) is 9.98 Å². The van der Waals surface area contributed by atoms with Crippen molar-refractivity contribution in [3.63, 3.8) is 0 Å². The molecule has 0 saturated heterocycles. The number of aliphatic imine (C=N–C) groups is 2. The average Bonchev–Trinajstić information content (AvgIpc) is 3.25. The molecular weight excluding hydrogens is 326 g/mol. The Morgan fingerprint density at radius 2 is 1.74 bits per heavy atom. The Balaban J connectivity index is 1.88. The summed E-state index contributed by atoms with van der Waals surface area (Å²) in [6, 6.07) is 13.9. The van der Waals surface area contributed by atoms with E-state index in [0.29, 0.717) is 0 Å². The number of amidine groups is 2. The highest BCUT2D eigenvalue weighted by molar-refractivity contribution is 7.12. The monoisotopic (exact) mass is 339 g/mol. The number of nitrogens with one attached hydrogen (secondary N) is 1. The quantitative estimate of drug-likeness (QED) is 0.747. The van der Waals surface area contributed by atoms with E-state index in [1.165, 1.54) is 0 Å². The largest absolute Gasteiger partial charge is 0.497 e. The summed E-state index contributed by atoms with van der Waals surface area (Å²) < 4.78 is 5.32. The molecular formula is C17H13N3OS2. The van der Waals surface area contributed by atoms with Crippen LogP contribution < -0.4 is 10.1 Å². The van der Waals surface area contributed by atoms with Crippen LogP contribution in [-0.2, 0) is 0 Å². The molecule has 4 rings (SSSR count). The zero-order valence-electron chi connectivity index (χ0n) is 12.3. The van der Waals surface area contributed by atoms with Crippen LogP contribution in [0.1, 0.15) is 9.75 Å². The van der Waals surface area contributed by atoms with Crippen molar-refractivity contribution in [3.8, 4) is 5.75 Å². The van der Waals surface area contributed by atoms with E-state index < -0.39 is 0 Å². The average molecular weight is 339 g/mol. The summed E-state index contributed by atoms with van der Waals surface area (Å²) in [5, 5.41) is 7.47. The highest BCUT2D eigenvalue weighted by Crippen LogP contribution is 2.33. The molecule has 0 atom stereocenters. The Hall–Kier alpha value is -2.44. The van der Waals surface area contributed by atoms with E-state index in [0.717, 1.165) is 38.5 Å². The third kappa shape index (κ3) is 2.78. The van der Waals surface area contributed by atoms with Crippen LogP contribution in [0.2, 0.25) is 0 Å². The van der Waals surface area contributed by atoms with Crippen molar-refractivity contribution in [2.24, 2.45) is 9.98 Å². The summed E-state index contributed by atoms with van der Waals surface area (Å²) in [4.78, 5) is 11.6. The SMILES string of the molecule is COc1ccc2c(c1)NC(c1cccs1)=NC(c1cccs1)=N2. The third-order valence-electron chi connectivity index (χ3n) is 3.40. The number of rotatable bonds is 3. The fourth-order valence-electron chi connectivity index (χ4n) is 2.29. The van der Waals surface area contributed by atoms with Gasteiger partial charge in [-0.3, -0.25) is 0 Å². The van der Waals surface area contributed by atoms with E-state index in [2.05, 4.69) is 5.32 Å². The van der Waals surface area contributed by atoms with Crippen LogP contribution in [0.3, 0.4) is 0 Å². The minimum Gasteiger partial charge on any atom is -0.497 e. The first-order chi connectivity index (χ1) is 11.3.